The van der Waals surface area contributed by atoms with Gasteiger partial charge in [-0.3, -0.25) is 0 Å². The Balaban J connectivity index is 1.60. The lowest BCUT2D eigenvalue weighted by Gasteiger charge is -2.04. The van der Waals surface area contributed by atoms with Gasteiger partial charge in [-0.15, -0.1) is 0 Å². The van der Waals surface area contributed by atoms with Gasteiger partial charge in [0.25, 0.3) is 0 Å². The minimum atomic E-state index is -0.400. The Labute approximate surface area is 155 Å². The summed E-state index contributed by atoms with van der Waals surface area (Å²) in [6.45, 7) is 0.285. The molecule has 3 rings (SSSR count). The van der Waals surface area contributed by atoms with Crippen molar-refractivity contribution in [2.24, 2.45) is 0 Å². The molecule has 25 heavy (non-hydrogen) atoms. The van der Waals surface area contributed by atoms with Gasteiger partial charge >= 0.3 is 0 Å². The second-order valence-electron chi connectivity index (χ2n) is 5.27. The highest BCUT2D eigenvalue weighted by Gasteiger charge is 2.04. The van der Waals surface area contributed by atoms with Crippen LogP contribution in [0.1, 0.15) is 22.7 Å². The maximum Gasteiger partial charge on any atom is 0.218 e. The molecule has 3 nitrogen and oxygen atoms in total. The molecule has 0 unspecified atom stereocenters. The molecule has 0 atom stereocenters. The summed E-state index contributed by atoms with van der Waals surface area (Å²) < 4.78 is 24.7. The fourth-order valence-electron chi connectivity index (χ4n) is 2.11. The fourth-order valence-corrected chi connectivity index (χ4v) is 2.48. The van der Waals surface area contributed by atoms with Crippen molar-refractivity contribution in [3.05, 3.63) is 82.3 Å². The third kappa shape index (κ3) is 4.87. The number of nitrogens with zero attached hydrogens (tertiary/aromatic N) is 1. The van der Waals surface area contributed by atoms with Crippen molar-refractivity contribution in [3.8, 4) is 5.75 Å². The van der Waals surface area contributed by atoms with Crippen LogP contribution >= 0.6 is 24.2 Å². The molecule has 0 saturated carbocycles. The van der Waals surface area contributed by atoms with E-state index in [1.807, 2.05) is 24.3 Å². The summed E-state index contributed by atoms with van der Waals surface area (Å²) in [4.78, 5) is 4.28. The molecule has 0 fully saturated rings. The lowest BCUT2D eigenvalue weighted by atomic mass is 10.2. The number of aromatic nitrogens is 1. The van der Waals surface area contributed by atoms with Crippen molar-refractivity contribution < 1.29 is 13.5 Å². The van der Waals surface area contributed by atoms with Crippen LogP contribution in [0.5, 0.6) is 5.75 Å². The van der Waals surface area contributed by atoms with Crippen LogP contribution in [0.25, 0.3) is 12.2 Å². The van der Waals surface area contributed by atoms with Crippen LogP contribution in [0.15, 0.2) is 53.1 Å². The zero-order valence-corrected chi connectivity index (χ0v) is 14.8. The molecular weight excluding hydrogens is 361 g/mol. The van der Waals surface area contributed by atoms with Gasteiger partial charge in [-0.25, -0.2) is 9.37 Å². The molecule has 0 amide bonds. The minimum absolute atomic E-state index is 0.285. The molecular formula is C19H15ClFNO2S. The summed E-state index contributed by atoms with van der Waals surface area (Å²) in [5, 5.41) is 0.354. The van der Waals surface area contributed by atoms with Crippen LogP contribution < -0.4 is 4.74 Å². The average molecular weight is 376 g/mol. The van der Waals surface area contributed by atoms with Crippen molar-refractivity contribution in [2.45, 2.75) is 12.4 Å². The van der Waals surface area contributed by atoms with Crippen LogP contribution in [0.4, 0.5) is 4.39 Å². The Kier molecular flexibility index (Phi) is 5.79. The van der Waals surface area contributed by atoms with E-state index in [9.17, 15) is 4.39 Å². The van der Waals surface area contributed by atoms with Gasteiger partial charge in [0.1, 0.15) is 30.1 Å². The molecule has 0 aliphatic carbocycles. The number of thiol groups is 1. The Morgan fingerprint density at radius 2 is 1.96 bits per heavy atom. The van der Waals surface area contributed by atoms with Gasteiger partial charge in [-0.1, -0.05) is 29.8 Å². The molecule has 2 aromatic carbocycles. The van der Waals surface area contributed by atoms with E-state index in [4.69, 9.17) is 20.8 Å². The Morgan fingerprint density at radius 1 is 1.16 bits per heavy atom. The van der Waals surface area contributed by atoms with Crippen LogP contribution in [-0.4, -0.2) is 4.98 Å². The van der Waals surface area contributed by atoms with Crippen molar-refractivity contribution in [1.82, 2.24) is 4.98 Å². The smallest absolute Gasteiger partial charge is 0.218 e. The summed E-state index contributed by atoms with van der Waals surface area (Å²) >= 11 is 9.94. The lowest BCUT2D eigenvalue weighted by molar-refractivity contribution is 0.301. The molecule has 0 aliphatic heterocycles. The van der Waals surface area contributed by atoms with Gasteiger partial charge in [0, 0.05) is 22.4 Å². The van der Waals surface area contributed by atoms with Crippen molar-refractivity contribution in [2.75, 3.05) is 0 Å². The molecule has 0 spiro atoms. The maximum absolute atomic E-state index is 13.7. The molecule has 6 heteroatoms. The van der Waals surface area contributed by atoms with E-state index in [2.05, 4.69) is 17.6 Å². The summed E-state index contributed by atoms with van der Waals surface area (Å²) in [5.74, 6) is 1.41. The van der Waals surface area contributed by atoms with Crippen LogP contribution in [-0.2, 0) is 12.4 Å². The molecule has 3 aromatic rings. The van der Waals surface area contributed by atoms with Gasteiger partial charge in [0.2, 0.25) is 5.89 Å². The predicted octanol–water partition coefficient (Wildman–Crippen LogP) is 5.65. The van der Waals surface area contributed by atoms with Gasteiger partial charge in [0.15, 0.2) is 0 Å². The molecule has 1 aromatic heterocycles. The number of hydrogen-bond acceptors (Lipinski definition) is 4. The monoisotopic (exact) mass is 375 g/mol. The third-order valence-corrected chi connectivity index (χ3v) is 4.03. The zero-order chi connectivity index (χ0) is 17.6. The second-order valence-corrected chi connectivity index (χ2v) is 6.02. The first-order valence-corrected chi connectivity index (χ1v) is 8.55. The molecule has 1 heterocycles. The normalized spacial score (nSPS) is 11.2. The first kappa shape index (κ1) is 17.6. The molecule has 0 radical (unpaired) electrons. The Bertz CT molecular complexity index is 877. The molecule has 0 bridgehead atoms. The highest BCUT2D eigenvalue weighted by molar-refractivity contribution is 7.79. The summed E-state index contributed by atoms with van der Waals surface area (Å²) in [7, 11) is 0. The number of benzene rings is 2. The van der Waals surface area contributed by atoms with Crippen molar-refractivity contribution in [1.29, 1.82) is 0 Å². The van der Waals surface area contributed by atoms with Gasteiger partial charge < -0.3 is 9.15 Å². The standard InChI is InChI=1S/C19H15ClFNO2S/c20-15-5-3-14(18(21)9-15)4-8-19-22-16(11-24-19)10-23-17-6-1-13(12-25)2-7-17/h1-9,11,25H,10,12H2. The van der Waals surface area contributed by atoms with E-state index < -0.39 is 5.82 Å². The average Bonchev–Trinajstić information content (AvgIpc) is 3.07. The van der Waals surface area contributed by atoms with Gasteiger partial charge in [-0.05, 0) is 35.9 Å². The Morgan fingerprint density at radius 3 is 2.68 bits per heavy atom. The van der Waals surface area contributed by atoms with Gasteiger partial charge in [-0.2, -0.15) is 12.6 Å². The van der Waals surface area contributed by atoms with Crippen LogP contribution in [0.3, 0.4) is 0 Å². The highest BCUT2D eigenvalue weighted by atomic mass is 35.5. The Hall–Kier alpha value is -2.24. The number of ether oxygens (including phenoxy) is 1. The number of halogens is 2. The van der Waals surface area contributed by atoms with Crippen LogP contribution in [0.2, 0.25) is 5.02 Å². The fraction of sp³-hybridized carbons (Fsp3) is 0.105. The van der Waals surface area contributed by atoms with Crippen molar-refractivity contribution in [3.63, 3.8) is 0 Å². The maximum atomic E-state index is 13.7. The first-order valence-electron chi connectivity index (χ1n) is 7.54. The van der Waals surface area contributed by atoms with Crippen LogP contribution in [0, 0.1) is 5.82 Å². The second kappa shape index (κ2) is 8.23. The van der Waals surface area contributed by atoms with E-state index in [1.165, 1.54) is 12.3 Å². The first-order chi connectivity index (χ1) is 12.1. The SMILES string of the molecule is Fc1cc(Cl)ccc1C=Cc1nc(COc2ccc(CS)cc2)co1. The number of hydrogen-bond donors (Lipinski definition) is 1. The van der Waals surface area contributed by atoms with E-state index >= 15 is 0 Å². The summed E-state index contributed by atoms with van der Waals surface area (Å²) in [6, 6.07) is 12.2. The van der Waals surface area contributed by atoms with Crippen molar-refractivity contribution >= 4 is 36.4 Å². The minimum Gasteiger partial charge on any atom is -0.487 e. The molecule has 0 saturated heterocycles. The van der Waals surface area contributed by atoms with E-state index in [-0.39, 0.29) is 6.61 Å². The van der Waals surface area contributed by atoms with E-state index in [0.717, 1.165) is 11.3 Å². The lowest BCUT2D eigenvalue weighted by Crippen LogP contribution is -1.95. The topological polar surface area (TPSA) is 35.3 Å². The quantitative estimate of drug-likeness (QED) is 0.566. The van der Waals surface area contributed by atoms with E-state index in [1.54, 1.807) is 24.3 Å². The third-order valence-electron chi connectivity index (χ3n) is 3.43. The predicted molar refractivity (Wildman–Crippen MR) is 100 cm³/mol. The summed E-state index contributed by atoms with van der Waals surface area (Å²) in [6.07, 6.45) is 4.69. The largest absolute Gasteiger partial charge is 0.487 e. The van der Waals surface area contributed by atoms with E-state index in [0.29, 0.717) is 27.9 Å². The zero-order valence-electron chi connectivity index (χ0n) is 13.2. The summed E-state index contributed by atoms with van der Waals surface area (Å²) in [5.41, 5.74) is 2.18. The van der Waals surface area contributed by atoms with Gasteiger partial charge in [0.05, 0.1) is 0 Å². The number of oxazole rings is 1. The number of rotatable bonds is 6. The molecule has 0 N–H and O–H groups in total. The molecule has 128 valence electrons. The highest BCUT2D eigenvalue weighted by Crippen LogP contribution is 2.18. The molecule has 0 aliphatic rings.